The molecule has 0 unspecified atom stereocenters. The molecule has 4 heterocycles. The van der Waals surface area contributed by atoms with Gasteiger partial charge in [0.25, 0.3) is 0 Å². The summed E-state index contributed by atoms with van der Waals surface area (Å²) >= 11 is 0. The first kappa shape index (κ1) is 15.0. The molecule has 0 bridgehead atoms. The summed E-state index contributed by atoms with van der Waals surface area (Å²) in [6.45, 7) is 2.43. The maximum Gasteiger partial charge on any atom is 0.227 e. The lowest BCUT2D eigenvalue weighted by molar-refractivity contribution is 0.0248. The minimum Gasteiger partial charge on any atom is -0.373 e. The van der Waals surface area contributed by atoms with Crippen LogP contribution in [-0.4, -0.2) is 43.7 Å². The van der Waals surface area contributed by atoms with E-state index in [0.29, 0.717) is 6.61 Å². The van der Waals surface area contributed by atoms with Crippen LogP contribution in [0.25, 0.3) is 11.2 Å². The van der Waals surface area contributed by atoms with E-state index in [-0.39, 0.29) is 6.10 Å². The largest absolute Gasteiger partial charge is 0.373 e. The van der Waals surface area contributed by atoms with Gasteiger partial charge in [0.05, 0.1) is 25.2 Å². The zero-order chi connectivity index (χ0) is 16.4. The number of aryl methyl sites for hydroxylation is 1. The van der Waals surface area contributed by atoms with E-state index in [0.717, 1.165) is 48.6 Å². The predicted molar refractivity (Wildman–Crippen MR) is 90.6 cm³/mol. The van der Waals surface area contributed by atoms with Gasteiger partial charge in [-0.25, -0.2) is 9.97 Å². The number of hydrogen-bond donors (Lipinski definition) is 0. The van der Waals surface area contributed by atoms with Crippen molar-refractivity contribution in [3.05, 3.63) is 42.6 Å². The number of ether oxygens (including phenoxy) is 1. The Morgan fingerprint density at radius 1 is 1.21 bits per heavy atom. The average Bonchev–Trinajstić information content (AvgIpc) is 3.02. The van der Waals surface area contributed by atoms with E-state index >= 15 is 0 Å². The number of rotatable bonds is 4. The molecule has 3 aromatic rings. The number of imidazole rings is 1. The SMILES string of the molecule is Cn1cnc2cnc(N3CCC(OCc4cccnc4)CC3)nc21. The standard InChI is InChI=1S/C17H20N6O/c1-22-12-20-15-10-19-17(21-16(15)22)23-7-4-14(5-8-23)24-11-13-3-2-6-18-9-13/h2-3,6,9-10,12,14H,4-5,7-8,11H2,1H3. The van der Waals surface area contributed by atoms with Crippen molar-refractivity contribution in [2.75, 3.05) is 18.0 Å². The lowest BCUT2D eigenvalue weighted by Gasteiger charge is -2.31. The molecule has 0 spiro atoms. The van der Waals surface area contributed by atoms with Crippen molar-refractivity contribution in [1.82, 2.24) is 24.5 Å². The first-order valence-corrected chi connectivity index (χ1v) is 8.19. The quantitative estimate of drug-likeness (QED) is 0.730. The van der Waals surface area contributed by atoms with Crippen LogP contribution in [0.15, 0.2) is 37.1 Å². The second-order valence-corrected chi connectivity index (χ2v) is 6.09. The Morgan fingerprint density at radius 2 is 2.08 bits per heavy atom. The summed E-state index contributed by atoms with van der Waals surface area (Å²) in [4.78, 5) is 19.7. The normalized spacial score (nSPS) is 16.0. The summed E-state index contributed by atoms with van der Waals surface area (Å²) < 4.78 is 7.93. The molecule has 3 aromatic heterocycles. The van der Waals surface area contributed by atoms with Gasteiger partial charge in [0.2, 0.25) is 5.95 Å². The lowest BCUT2D eigenvalue weighted by atomic mass is 10.1. The Labute approximate surface area is 140 Å². The molecular formula is C17H20N6O. The molecule has 1 aliphatic rings. The Kier molecular flexibility index (Phi) is 4.08. The molecule has 24 heavy (non-hydrogen) atoms. The molecule has 0 radical (unpaired) electrons. The monoisotopic (exact) mass is 324 g/mol. The van der Waals surface area contributed by atoms with Gasteiger partial charge < -0.3 is 14.2 Å². The van der Waals surface area contributed by atoms with Gasteiger partial charge in [-0.05, 0) is 24.5 Å². The molecular weight excluding hydrogens is 304 g/mol. The van der Waals surface area contributed by atoms with Crippen LogP contribution in [-0.2, 0) is 18.4 Å². The van der Waals surface area contributed by atoms with Crippen molar-refractivity contribution in [2.45, 2.75) is 25.6 Å². The molecule has 0 aliphatic carbocycles. The third kappa shape index (κ3) is 3.07. The van der Waals surface area contributed by atoms with Crippen molar-refractivity contribution in [1.29, 1.82) is 0 Å². The predicted octanol–water partition coefficient (Wildman–Crippen LogP) is 1.94. The summed E-state index contributed by atoms with van der Waals surface area (Å²) in [7, 11) is 1.95. The lowest BCUT2D eigenvalue weighted by Crippen LogP contribution is -2.38. The van der Waals surface area contributed by atoms with Gasteiger partial charge in [0, 0.05) is 32.5 Å². The molecule has 0 N–H and O–H groups in total. The van der Waals surface area contributed by atoms with Gasteiger partial charge in [0.1, 0.15) is 5.52 Å². The van der Waals surface area contributed by atoms with Gasteiger partial charge in [0.15, 0.2) is 5.65 Å². The zero-order valence-corrected chi connectivity index (χ0v) is 13.7. The zero-order valence-electron chi connectivity index (χ0n) is 13.7. The molecule has 124 valence electrons. The van der Waals surface area contributed by atoms with Crippen LogP contribution in [0.5, 0.6) is 0 Å². The fraction of sp³-hybridized carbons (Fsp3) is 0.412. The van der Waals surface area contributed by atoms with Crippen molar-refractivity contribution >= 4 is 17.1 Å². The Bertz CT molecular complexity index is 810. The van der Waals surface area contributed by atoms with E-state index < -0.39 is 0 Å². The van der Waals surface area contributed by atoms with E-state index in [1.165, 1.54) is 0 Å². The molecule has 1 aliphatic heterocycles. The van der Waals surface area contributed by atoms with Crippen LogP contribution >= 0.6 is 0 Å². The summed E-state index contributed by atoms with van der Waals surface area (Å²) in [6, 6.07) is 3.98. The fourth-order valence-corrected chi connectivity index (χ4v) is 2.98. The molecule has 1 saturated heterocycles. The molecule has 7 nitrogen and oxygen atoms in total. The highest BCUT2D eigenvalue weighted by Crippen LogP contribution is 2.20. The third-order valence-electron chi connectivity index (χ3n) is 4.37. The summed E-state index contributed by atoms with van der Waals surface area (Å²) in [6.07, 6.45) is 9.43. The van der Waals surface area contributed by atoms with Gasteiger partial charge in [-0.15, -0.1) is 0 Å². The first-order chi connectivity index (χ1) is 11.8. The molecule has 0 saturated carbocycles. The number of nitrogens with zero attached hydrogens (tertiary/aromatic N) is 6. The molecule has 0 amide bonds. The average molecular weight is 324 g/mol. The Morgan fingerprint density at radius 3 is 2.88 bits per heavy atom. The third-order valence-corrected chi connectivity index (χ3v) is 4.37. The second kappa shape index (κ2) is 6.52. The highest BCUT2D eigenvalue weighted by molar-refractivity contribution is 5.70. The van der Waals surface area contributed by atoms with Crippen LogP contribution in [0.4, 0.5) is 5.95 Å². The Hall–Kier alpha value is -2.54. The van der Waals surface area contributed by atoms with Gasteiger partial charge in [-0.1, -0.05) is 6.07 Å². The Balaban J connectivity index is 1.35. The number of anilines is 1. The number of hydrogen-bond acceptors (Lipinski definition) is 6. The molecule has 7 heteroatoms. The van der Waals surface area contributed by atoms with Crippen LogP contribution in [0, 0.1) is 0 Å². The molecule has 0 atom stereocenters. The van der Waals surface area contributed by atoms with Crippen LogP contribution in [0.1, 0.15) is 18.4 Å². The molecule has 1 fully saturated rings. The second-order valence-electron chi connectivity index (χ2n) is 6.09. The molecule has 4 rings (SSSR count). The topological polar surface area (TPSA) is 69.0 Å². The minimum atomic E-state index is 0.280. The van der Waals surface area contributed by atoms with Gasteiger partial charge in [-0.3, -0.25) is 4.98 Å². The number of fused-ring (bicyclic) bond motifs is 1. The molecule has 0 aromatic carbocycles. The first-order valence-electron chi connectivity index (χ1n) is 8.19. The van der Waals surface area contributed by atoms with Crippen molar-refractivity contribution in [3.63, 3.8) is 0 Å². The highest BCUT2D eigenvalue weighted by Gasteiger charge is 2.22. The maximum absolute atomic E-state index is 6.01. The van der Waals surface area contributed by atoms with E-state index in [4.69, 9.17) is 4.74 Å². The summed E-state index contributed by atoms with van der Waals surface area (Å²) in [5, 5.41) is 0. The maximum atomic E-state index is 6.01. The number of aromatic nitrogens is 5. The van der Waals surface area contributed by atoms with Crippen molar-refractivity contribution in [2.24, 2.45) is 7.05 Å². The van der Waals surface area contributed by atoms with E-state index in [1.807, 2.05) is 29.9 Å². The summed E-state index contributed by atoms with van der Waals surface area (Å²) in [5.41, 5.74) is 2.82. The van der Waals surface area contributed by atoms with Crippen molar-refractivity contribution < 1.29 is 4.74 Å². The van der Waals surface area contributed by atoms with Gasteiger partial charge >= 0.3 is 0 Å². The summed E-state index contributed by atoms with van der Waals surface area (Å²) in [5.74, 6) is 0.775. The smallest absolute Gasteiger partial charge is 0.227 e. The van der Waals surface area contributed by atoms with E-state index in [2.05, 4.69) is 24.8 Å². The van der Waals surface area contributed by atoms with Crippen LogP contribution < -0.4 is 4.90 Å². The van der Waals surface area contributed by atoms with E-state index in [9.17, 15) is 0 Å². The minimum absolute atomic E-state index is 0.280. The highest BCUT2D eigenvalue weighted by atomic mass is 16.5. The van der Waals surface area contributed by atoms with Gasteiger partial charge in [-0.2, -0.15) is 4.98 Å². The van der Waals surface area contributed by atoms with Crippen LogP contribution in [0.2, 0.25) is 0 Å². The van der Waals surface area contributed by atoms with Crippen molar-refractivity contribution in [3.8, 4) is 0 Å². The fourth-order valence-electron chi connectivity index (χ4n) is 2.98. The van der Waals surface area contributed by atoms with Crippen LogP contribution in [0.3, 0.4) is 0 Å². The number of piperidine rings is 1. The van der Waals surface area contributed by atoms with E-state index in [1.54, 1.807) is 18.7 Å². The number of pyridine rings is 1.